The first-order chi connectivity index (χ1) is 32.2. The molecule has 0 bridgehead atoms. The normalized spacial score (nSPS) is 11.7. The Labute approximate surface area is 385 Å². The Morgan fingerprint density at radius 1 is 0.246 bits per heavy atom. The van der Waals surface area contributed by atoms with Crippen molar-refractivity contribution in [2.45, 2.75) is 0 Å². The number of anilines is 3. The zero-order valence-corrected chi connectivity index (χ0v) is 36.9. The predicted molar refractivity (Wildman–Crippen MR) is 284 cm³/mol. The van der Waals surface area contributed by atoms with Crippen LogP contribution in [-0.2, 0) is 0 Å². The highest BCUT2D eigenvalue weighted by atomic mass is 32.1. The van der Waals surface area contributed by atoms with Gasteiger partial charge in [-0.2, -0.15) is 0 Å². The predicted octanol–water partition coefficient (Wildman–Crippen LogP) is 18.9. The molecule has 0 aliphatic heterocycles. The van der Waals surface area contributed by atoms with E-state index in [2.05, 4.69) is 241 Å². The molecule has 0 aliphatic rings. The molecular formula is C62H39NS2. The molecule has 11 aromatic carbocycles. The van der Waals surface area contributed by atoms with Gasteiger partial charge in [-0.15, -0.1) is 22.7 Å². The number of hydrogen-bond acceptors (Lipinski definition) is 3. The third-order valence-electron chi connectivity index (χ3n) is 13.0. The molecule has 65 heavy (non-hydrogen) atoms. The lowest BCUT2D eigenvalue weighted by atomic mass is 9.91. The summed E-state index contributed by atoms with van der Waals surface area (Å²) in [5.74, 6) is 0. The minimum absolute atomic E-state index is 1.09. The van der Waals surface area contributed by atoms with Crippen molar-refractivity contribution in [1.82, 2.24) is 0 Å². The molecule has 13 aromatic rings. The van der Waals surface area contributed by atoms with Crippen LogP contribution in [0, 0.1) is 0 Å². The molecule has 0 radical (unpaired) electrons. The minimum Gasteiger partial charge on any atom is -0.310 e. The molecule has 0 unspecified atom stereocenters. The van der Waals surface area contributed by atoms with E-state index in [1.165, 1.54) is 106 Å². The van der Waals surface area contributed by atoms with Gasteiger partial charge in [0.25, 0.3) is 0 Å². The van der Waals surface area contributed by atoms with E-state index in [0.717, 1.165) is 17.1 Å². The number of rotatable bonds is 7. The molecule has 304 valence electrons. The van der Waals surface area contributed by atoms with Gasteiger partial charge in [0.2, 0.25) is 0 Å². The molecule has 0 atom stereocenters. The summed E-state index contributed by atoms with van der Waals surface area (Å²) >= 11 is 3.76. The fraction of sp³-hybridized carbons (Fsp3) is 0. The van der Waals surface area contributed by atoms with E-state index in [9.17, 15) is 0 Å². The first-order valence-electron chi connectivity index (χ1n) is 22.1. The lowest BCUT2D eigenvalue weighted by Gasteiger charge is -2.27. The van der Waals surface area contributed by atoms with Crippen molar-refractivity contribution < 1.29 is 0 Å². The van der Waals surface area contributed by atoms with Crippen LogP contribution in [0.5, 0.6) is 0 Å². The summed E-state index contributed by atoms with van der Waals surface area (Å²) in [6.45, 7) is 0. The van der Waals surface area contributed by atoms with Crippen molar-refractivity contribution in [2.24, 2.45) is 0 Å². The van der Waals surface area contributed by atoms with Gasteiger partial charge in [0.05, 0.1) is 0 Å². The Kier molecular flexibility index (Phi) is 8.97. The molecule has 0 N–H and O–H groups in total. The quantitative estimate of drug-likeness (QED) is 0.144. The van der Waals surface area contributed by atoms with E-state index in [1.807, 2.05) is 22.7 Å². The number of nitrogens with zero attached hydrogens (tertiary/aromatic N) is 1. The smallest absolute Gasteiger partial charge is 0.0473 e. The van der Waals surface area contributed by atoms with Gasteiger partial charge in [0.15, 0.2) is 0 Å². The second-order valence-electron chi connectivity index (χ2n) is 16.8. The van der Waals surface area contributed by atoms with Crippen LogP contribution >= 0.6 is 22.7 Å². The molecule has 0 fully saturated rings. The lowest BCUT2D eigenvalue weighted by Crippen LogP contribution is -2.10. The third-order valence-corrected chi connectivity index (χ3v) is 15.5. The van der Waals surface area contributed by atoms with Crippen LogP contribution < -0.4 is 4.90 Å². The Morgan fingerprint density at radius 2 is 0.723 bits per heavy atom. The summed E-state index contributed by atoms with van der Waals surface area (Å²) in [4.78, 5) is 2.44. The maximum atomic E-state index is 2.44. The van der Waals surface area contributed by atoms with Crippen LogP contribution in [0.25, 0.3) is 106 Å². The molecule has 13 rings (SSSR count). The van der Waals surface area contributed by atoms with E-state index in [4.69, 9.17) is 0 Å². The maximum absolute atomic E-state index is 2.44. The van der Waals surface area contributed by atoms with Crippen LogP contribution in [0.15, 0.2) is 237 Å². The van der Waals surface area contributed by atoms with E-state index in [1.54, 1.807) is 0 Å². The largest absolute Gasteiger partial charge is 0.310 e. The zero-order valence-electron chi connectivity index (χ0n) is 35.3. The van der Waals surface area contributed by atoms with Gasteiger partial charge in [-0.3, -0.25) is 0 Å². The second kappa shape index (κ2) is 15.5. The van der Waals surface area contributed by atoms with Crippen LogP contribution in [0.3, 0.4) is 0 Å². The summed E-state index contributed by atoms with van der Waals surface area (Å²) in [5.41, 5.74) is 13.0. The fourth-order valence-corrected chi connectivity index (χ4v) is 12.4. The average molecular weight is 862 g/mol. The van der Waals surface area contributed by atoms with Gasteiger partial charge in [-0.25, -0.2) is 0 Å². The summed E-state index contributed by atoms with van der Waals surface area (Å²) < 4.78 is 5.28. The molecule has 2 heterocycles. The molecule has 0 amide bonds. The Balaban J connectivity index is 1.01. The average Bonchev–Trinajstić information content (AvgIpc) is 3.96. The third kappa shape index (κ3) is 6.43. The number of hydrogen-bond donors (Lipinski definition) is 0. The minimum atomic E-state index is 1.09. The topological polar surface area (TPSA) is 3.24 Å². The molecule has 0 saturated heterocycles. The molecule has 0 aliphatic carbocycles. The highest BCUT2D eigenvalue weighted by Gasteiger charge is 2.19. The second-order valence-corrected chi connectivity index (χ2v) is 18.9. The summed E-state index contributed by atoms with van der Waals surface area (Å²) in [6.07, 6.45) is 0. The van der Waals surface area contributed by atoms with E-state index in [0.29, 0.717) is 0 Å². The van der Waals surface area contributed by atoms with Crippen LogP contribution in [0.1, 0.15) is 0 Å². The van der Waals surface area contributed by atoms with E-state index >= 15 is 0 Å². The Bertz CT molecular complexity index is 3780. The van der Waals surface area contributed by atoms with Crippen molar-refractivity contribution in [3.63, 3.8) is 0 Å². The van der Waals surface area contributed by atoms with Gasteiger partial charge in [0, 0.05) is 57.4 Å². The Morgan fingerprint density at radius 3 is 1.32 bits per heavy atom. The van der Waals surface area contributed by atoms with Gasteiger partial charge in [0.1, 0.15) is 0 Å². The van der Waals surface area contributed by atoms with Crippen molar-refractivity contribution in [1.29, 1.82) is 0 Å². The Hall–Kier alpha value is -7.82. The number of fused-ring (bicyclic) bond motifs is 9. The van der Waals surface area contributed by atoms with E-state index < -0.39 is 0 Å². The first kappa shape index (κ1) is 37.7. The fourth-order valence-electron chi connectivity index (χ4n) is 9.96. The van der Waals surface area contributed by atoms with Crippen molar-refractivity contribution in [3.05, 3.63) is 237 Å². The van der Waals surface area contributed by atoms with Gasteiger partial charge in [-0.05, 0) is 127 Å². The summed E-state index contributed by atoms with van der Waals surface area (Å²) in [7, 11) is 0. The molecule has 3 heteroatoms. The van der Waals surface area contributed by atoms with Gasteiger partial charge < -0.3 is 4.90 Å². The monoisotopic (exact) mass is 861 g/mol. The molecule has 1 nitrogen and oxygen atoms in total. The number of thiophene rings is 2. The van der Waals surface area contributed by atoms with Gasteiger partial charge in [-0.1, -0.05) is 176 Å². The maximum Gasteiger partial charge on any atom is 0.0473 e. The molecule has 2 aromatic heterocycles. The van der Waals surface area contributed by atoms with E-state index in [-0.39, 0.29) is 0 Å². The number of benzene rings is 11. The molecule has 0 spiro atoms. The summed E-state index contributed by atoms with van der Waals surface area (Å²) in [6, 6.07) is 87.3. The summed E-state index contributed by atoms with van der Waals surface area (Å²) in [5, 5.41) is 10.3. The van der Waals surface area contributed by atoms with Crippen molar-refractivity contribution in [2.75, 3.05) is 4.90 Å². The van der Waals surface area contributed by atoms with Crippen molar-refractivity contribution >= 4 is 102 Å². The lowest BCUT2D eigenvalue weighted by molar-refractivity contribution is 1.28. The highest BCUT2D eigenvalue weighted by molar-refractivity contribution is 7.26. The molecular weight excluding hydrogens is 823 g/mol. The van der Waals surface area contributed by atoms with Crippen LogP contribution in [-0.4, -0.2) is 0 Å². The SMILES string of the molecule is c1ccc(-c2cc(-c3cc4ccccc4c4ccccc34)cc(N(c3ccc(-c4cccc5c4sc4ccccc45)cc3)c3ccc(-c4cccc5c4sc4ccccc45)cc3)c2)cc1. The highest BCUT2D eigenvalue weighted by Crippen LogP contribution is 2.46. The zero-order chi connectivity index (χ0) is 42.8. The standard InChI is InChI=1S/C62H39NS2/c1-2-14-40(15-3-1)44-36-45(58-39-43-16-4-5-17-49(43)52-18-6-7-19-53(52)58)38-48(37-44)63(46-32-28-41(29-33-46)50-22-12-24-56-54-20-8-10-26-59(54)64-61(50)56)47-34-30-42(31-35-47)51-23-13-25-57-55-21-9-11-27-60(55)65-62(51)57/h1-39H. The van der Waals surface area contributed by atoms with Crippen LogP contribution in [0.2, 0.25) is 0 Å². The van der Waals surface area contributed by atoms with Gasteiger partial charge >= 0.3 is 0 Å². The first-order valence-corrected chi connectivity index (χ1v) is 23.8. The molecule has 0 saturated carbocycles. The van der Waals surface area contributed by atoms with Crippen LogP contribution in [0.4, 0.5) is 17.1 Å². The van der Waals surface area contributed by atoms with Crippen molar-refractivity contribution in [3.8, 4) is 44.5 Å².